The molecule has 4 unspecified atom stereocenters. The number of anilines is 1. The highest BCUT2D eigenvalue weighted by molar-refractivity contribution is 8.00. The summed E-state index contributed by atoms with van der Waals surface area (Å²) in [5.74, 6) is 0. The fraction of sp³-hybridized carbons (Fsp3) is 0.276. The number of nitrogens with zero attached hydrogens (tertiary/aromatic N) is 6. The molecular weight excluding hydrogens is 610 g/mol. The monoisotopic (exact) mass is 635 g/mol. The van der Waals surface area contributed by atoms with Gasteiger partial charge in [0.05, 0.1) is 23.5 Å². The summed E-state index contributed by atoms with van der Waals surface area (Å²) in [6.07, 6.45) is 4.97. The standard InChI is InChI=1S/C29H26ClN7O4S2/c1-38-26-24(37-13-19(35-36-37)20-15-42-29(31)34-20)25-21(14-39-27(41-25)16-6-3-2-4-7-16)40-28(26)43-22-10-18(30)12-33-23(22)17-8-5-9-32-11-17/h2-13,15,21,24-28H,14H2,1H3,(H2,31,34)/t21?,24?,25-,26?,27?,28+/m0/s1. The van der Waals surface area contributed by atoms with Crippen molar-refractivity contribution in [2.75, 3.05) is 19.5 Å². The molecule has 0 bridgehead atoms. The highest BCUT2D eigenvalue weighted by Crippen LogP contribution is 2.46. The van der Waals surface area contributed by atoms with Crippen LogP contribution in [0.1, 0.15) is 17.9 Å². The van der Waals surface area contributed by atoms with Crippen molar-refractivity contribution in [1.82, 2.24) is 29.9 Å². The molecule has 2 fully saturated rings. The number of benzene rings is 1. The van der Waals surface area contributed by atoms with Crippen LogP contribution in [0.25, 0.3) is 22.6 Å². The molecule has 7 rings (SSSR count). The maximum atomic E-state index is 6.67. The van der Waals surface area contributed by atoms with Crippen LogP contribution in [-0.4, -0.2) is 67.4 Å². The molecule has 2 N–H and O–H groups in total. The molecule has 2 saturated heterocycles. The van der Waals surface area contributed by atoms with E-state index in [9.17, 15) is 0 Å². The number of nitrogen functional groups attached to an aromatic ring is 1. The third kappa shape index (κ3) is 5.77. The van der Waals surface area contributed by atoms with Crippen molar-refractivity contribution in [2.24, 2.45) is 0 Å². The van der Waals surface area contributed by atoms with Crippen molar-refractivity contribution in [3.8, 4) is 22.6 Å². The van der Waals surface area contributed by atoms with E-state index in [0.29, 0.717) is 28.1 Å². The highest BCUT2D eigenvalue weighted by atomic mass is 35.5. The lowest BCUT2D eigenvalue weighted by Gasteiger charge is -2.48. The Morgan fingerprint density at radius 3 is 2.77 bits per heavy atom. The van der Waals surface area contributed by atoms with Crippen LogP contribution in [0.15, 0.2) is 83.6 Å². The van der Waals surface area contributed by atoms with Gasteiger partial charge in [-0.15, -0.1) is 16.4 Å². The SMILES string of the molecule is COC1C(n2cc(-c3csc(N)n3)nn2)[C@H]2OC(c3ccccc3)OCC2O[C@@H]1Sc1cc(Cl)cnc1-c1cccnc1. The maximum absolute atomic E-state index is 6.67. The molecule has 2 aliphatic heterocycles. The van der Waals surface area contributed by atoms with Crippen molar-refractivity contribution in [3.05, 3.63) is 89.3 Å². The lowest BCUT2D eigenvalue weighted by atomic mass is 9.95. The first-order valence-corrected chi connectivity index (χ1v) is 15.6. The van der Waals surface area contributed by atoms with Gasteiger partial charge in [0.15, 0.2) is 11.4 Å². The molecule has 0 amide bonds. The Balaban J connectivity index is 1.26. The van der Waals surface area contributed by atoms with E-state index in [4.69, 9.17) is 36.3 Å². The van der Waals surface area contributed by atoms with Crippen LogP contribution in [0, 0.1) is 0 Å². The molecule has 4 aromatic heterocycles. The number of methoxy groups -OCH3 is 1. The first-order chi connectivity index (χ1) is 21.1. The Bertz CT molecular complexity index is 1690. The number of pyridine rings is 2. The van der Waals surface area contributed by atoms with E-state index in [1.165, 1.54) is 23.1 Å². The van der Waals surface area contributed by atoms with Crippen LogP contribution in [0.5, 0.6) is 0 Å². The summed E-state index contributed by atoms with van der Waals surface area (Å²) in [6, 6.07) is 15.1. The Labute approximate surface area is 260 Å². The Morgan fingerprint density at radius 2 is 2.00 bits per heavy atom. The molecule has 6 atom stereocenters. The van der Waals surface area contributed by atoms with Crippen molar-refractivity contribution in [2.45, 2.75) is 41.0 Å². The third-order valence-electron chi connectivity index (χ3n) is 7.25. The zero-order valence-electron chi connectivity index (χ0n) is 22.8. The van der Waals surface area contributed by atoms with Gasteiger partial charge in [-0.3, -0.25) is 9.97 Å². The first-order valence-electron chi connectivity index (χ1n) is 13.4. The average Bonchev–Trinajstić information content (AvgIpc) is 3.70. The van der Waals surface area contributed by atoms with Crippen molar-refractivity contribution < 1.29 is 18.9 Å². The predicted molar refractivity (Wildman–Crippen MR) is 162 cm³/mol. The molecule has 220 valence electrons. The summed E-state index contributed by atoms with van der Waals surface area (Å²) in [5, 5.41) is 11.7. The normalized spacial score (nSPS) is 25.3. The zero-order valence-corrected chi connectivity index (χ0v) is 25.2. The minimum Gasteiger partial charge on any atom is -0.375 e. The number of rotatable bonds is 7. The lowest BCUT2D eigenvalue weighted by molar-refractivity contribution is -0.308. The van der Waals surface area contributed by atoms with Crippen LogP contribution < -0.4 is 5.73 Å². The smallest absolute Gasteiger partial charge is 0.184 e. The number of aromatic nitrogens is 6. The van der Waals surface area contributed by atoms with Crippen LogP contribution in [-0.2, 0) is 18.9 Å². The first kappa shape index (κ1) is 28.3. The topological polar surface area (TPSA) is 132 Å². The van der Waals surface area contributed by atoms with Crippen LogP contribution in [0.4, 0.5) is 5.13 Å². The van der Waals surface area contributed by atoms with Crippen LogP contribution in [0.2, 0.25) is 5.02 Å². The molecule has 11 nitrogen and oxygen atoms in total. The Morgan fingerprint density at radius 1 is 1.12 bits per heavy atom. The van der Waals surface area contributed by atoms with Crippen LogP contribution >= 0.6 is 34.7 Å². The largest absolute Gasteiger partial charge is 0.375 e. The van der Waals surface area contributed by atoms with Gasteiger partial charge < -0.3 is 24.7 Å². The van der Waals surface area contributed by atoms with Gasteiger partial charge in [0, 0.05) is 47.1 Å². The van der Waals surface area contributed by atoms with Gasteiger partial charge in [-0.05, 0) is 18.2 Å². The second kappa shape index (κ2) is 12.3. The lowest BCUT2D eigenvalue weighted by Crippen LogP contribution is -2.59. The summed E-state index contributed by atoms with van der Waals surface area (Å²) in [5.41, 5.74) is 9.14. The third-order valence-corrected chi connectivity index (χ3v) is 9.31. The van der Waals surface area contributed by atoms with E-state index < -0.39 is 36.1 Å². The average molecular weight is 636 g/mol. The number of nitrogens with two attached hydrogens (primary N) is 1. The number of thiazole rings is 1. The number of ether oxygens (including phenoxy) is 4. The molecule has 2 aliphatic rings. The maximum Gasteiger partial charge on any atom is 0.184 e. The fourth-order valence-corrected chi connectivity index (χ4v) is 7.40. The van der Waals surface area contributed by atoms with Gasteiger partial charge >= 0.3 is 0 Å². The van der Waals surface area contributed by atoms with Gasteiger partial charge in [-0.2, -0.15) is 0 Å². The molecule has 6 heterocycles. The molecule has 0 aliphatic carbocycles. The summed E-state index contributed by atoms with van der Waals surface area (Å²) in [7, 11) is 1.65. The summed E-state index contributed by atoms with van der Waals surface area (Å²) < 4.78 is 27.4. The number of fused-ring (bicyclic) bond motifs is 1. The number of halogens is 1. The fourth-order valence-electron chi connectivity index (χ4n) is 5.29. The van der Waals surface area contributed by atoms with Crippen molar-refractivity contribution in [1.29, 1.82) is 0 Å². The van der Waals surface area contributed by atoms with Crippen molar-refractivity contribution >= 4 is 39.8 Å². The Hall–Kier alpha value is -3.43. The van der Waals surface area contributed by atoms with Gasteiger partial charge in [0.1, 0.15) is 41.2 Å². The Kier molecular flexibility index (Phi) is 8.10. The second-order valence-electron chi connectivity index (χ2n) is 9.93. The highest BCUT2D eigenvalue weighted by Gasteiger charge is 2.52. The molecule has 1 aromatic carbocycles. The molecule has 14 heteroatoms. The van der Waals surface area contributed by atoms with Gasteiger partial charge in [-0.1, -0.05) is 58.9 Å². The molecule has 0 radical (unpaired) electrons. The van der Waals surface area contributed by atoms with E-state index in [-0.39, 0.29) is 0 Å². The summed E-state index contributed by atoms with van der Waals surface area (Å²) in [4.78, 5) is 14.1. The van der Waals surface area contributed by atoms with Gasteiger partial charge in [0.2, 0.25) is 0 Å². The van der Waals surface area contributed by atoms with Gasteiger partial charge in [0.25, 0.3) is 0 Å². The summed E-state index contributed by atoms with van der Waals surface area (Å²) in [6.45, 7) is 0.307. The van der Waals surface area contributed by atoms with Gasteiger partial charge in [-0.25, -0.2) is 9.67 Å². The van der Waals surface area contributed by atoms with E-state index in [1.807, 2.05) is 60.1 Å². The van der Waals surface area contributed by atoms with E-state index >= 15 is 0 Å². The molecule has 0 spiro atoms. The van der Waals surface area contributed by atoms with Crippen LogP contribution in [0.3, 0.4) is 0 Å². The minimum atomic E-state index is -0.578. The van der Waals surface area contributed by atoms with Crippen molar-refractivity contribution in [3.63, 3.8) is 0 Å². The molecule has 43 heavy (non-hydrogen) atoms. The van der Waals surface area contributed by atoms with E-state index in [1.54, 1.807) is 30.4 Å². The minimum absolute atomic E-state index is 0.307. The summed E-state index contributed by atoms with van der Waals surface area (Å²) >= 11 is 9.24. The molecule has 0 saturated carbocycles. The quantitative estimate of drug-likeness (QED) is 0.250. The predicted octanol–water partition coefficient (Wildman–Crippen LogP) is 5.28. The van der Waals surface area contributed by atoms with E-state index in [0.717, 1.165) is 21.7 Å². The number of hydrogen-bond donors (Lipinski definition) is 1. The molecular formula is C29H26ClN7O4S2. The number of hydrogen-bond acceptors (Lipinski definition) is 12. The second-order valence-corrected chi connectivity index (χ2v) is 12.4. The molecule has 5 aromatic rings. The zero-order chi connectivity index (χ0) is 29.3. The van der Waals surface area contributed by atoms with E-state index in [2.05, 4.69) is 25.3 Å². The number of thioether (sulfide) groups is 1.